The Bertz CT molecular complexity index is 1120. The Morgan fingerprint density at radius 3 is 1.01 bits per heavy atom. The van der Waals surface area contributed by atoms with E-state index in [4.69, 9.17) is 4.74 Å². The van der Waals surface area contributed by atoms with Crippen LogP contribution in [0, 0.1) is 0 Å². The van der Waals surface area contributed by atoms with Gasteiger partial charge in [0.2, 0.25) is 5.91 Å². The zero-order chi connectivity index (χ0) is 52.2. The van der Waals surface area contributed by atoms with Gasteiger partial charge in [-0.05, 0) is 57.8 Å². The van der Waals surface area contributed by atoms with Crippen LogP contribution in [0.4, 0.5) is 0 Å². The average Bonchev–Trinajstić information content (AvgIpc) is 3.38. The van der Waals surface area contributed by atoms with Crippen molar-refractivity contribution in [2.24, 2.45) is 0 Å². The number of carbonyl (C=O) groups excluding carboxylic acids is 2. The lowest BCUT2D eigenvalue weighted by atomic mass is 10.0. The van der Waals surface area contributed by atoms with Gasteiger partial charge in [0.25, 0.3) is 0 Å². The number of esters is 1. The van der Waals surface area contributed by atoms with E-state index in [0.29, 0.717) is 19.4 Å². The van der Waals surface area contributed by atoms with Crippen molar-refractivity contribution in [1.82, 2.24) is 5.32 Å². The van der Waals surface area contributed by atoms with E-state index in [9.17, 15) is 19.8 Å². The minimum absolute atomic E-state index is 0.00113. The molecule has 0 saturated heterocycles. The highest BCUT2D eigenvalue weighted by atomic mass is 16.5. The molecule has 0 saturated carbocycles. The van der Waals surface area contributed by atoms with Crippen molar-refractivity contribution in [2.75, 3.05) is 13.2 Å². The summed E-state index contributed by atoms with van der Waals surface area (Å²) in [5, 5.41) is 23.2. The van der Waals surface area contributed by atoms with Gasteiger partial charge in [-0.2, -0.15) is 0 Å². The maximum absolute atomic E-state index is 12.5. The zero-order valence-corrected chi connectivity index (χ0v) is 48.7. The van der Waals surface area contributed by atoms with E-state index in [1.165, 1.54) is 289 Å². The Balaban J connectivity index is 3.44. The van der Waals surface area contributed by atoms with Crippen molar-refractivity contribution in [2.45, 2.75) is 373 Å². The predicted octanol–water partition coefficient (Wildman–Crippen LogP) is 20.6. The van der Waals surface area contributed by atoms with Crippen LogP contribution in [-0.4, -0.2) is 47.4 Å². The molecule has 0 aliphatic carbocycles. The standard InChI is InChI=1S/C66H127NO5/c1-3-5-7-9-11-13-15-17-18-19-20-21-22-23-24-26-29-32-35-38-42-46-50-54-58-64(69)63(62-68)67-65(70)59-55-51-47-43-39-36-33-30-27-25-28-31-34-37-41-45-49-53-57-61-72-66(71)60-56-52-48-44-40-16-14-12-10-8-6-4-2/h12,14,54,58,63-64,68-69H,3-11,13,15-53,55-57,59-62H2,1-2H3,(H,67,70)/b14-12-,58-54+. The van der Waals surface area contributed by atoms with Gasteiger partial charge in [-0.25, -0.2) is 0 Å². The van der Waals surface area contributed by atoms with E-state index >= 15 is 0 Å². The van der Waals surface area contributed by atoms with Crippen LogP contribution < -0.4 is 5.32 Å². The van der Waals surface area contributed by atoms with Crippen LogP contribution in [-0.2, 0) is 14.3 Å². The highest BCUT2D eigenvalue weighted by Crippen LogP contribution is 2.18. The van der Waals surface area contributed by atoms with Gasteiger partial charge in [-0.15, -0.1) is 0 Å². The minimum Gasteiger partial charge on any atom is -0.466 e. The van der Waals surface area contributed by atoms with Crippen molar-refractivity contribution in [3.05, 3.63) is 24.3 Å². The van der Waals surface area contributed by atoms with Gasteiger partial charge < -0.3 is 20.3 Å². The van der Waals surface area contributed by atoms with Crippen LogP contribution in [0.1, 0.15) is 361 Å². The van der Waals surface area contributed by atoms with Crippen molar-refractivity contribution >= 4 is 11.9 Å². The number of rotatable bonds is 61. The van der Waals surface area contributed by atoms with Gasteiger partial charge in [0.15, 0.2) is 0 Å². The van der Waals surface area contributed by atoms with Gasteiger partial charge >= 0.3 is 5.97 Å². The van der Waals surface area contributed by atoms with Gasteiger partial charge in [-0.3, -0.25) is 9.59 Å². The summed E-state index contributed by atoms with van der Waals surface area (Å²) >= 11 is 0. The van der Waals surface area contributed by atoms with Crippen molar-refractivity contribution in [1.29, 1.82) is 0 Å². The van der Waals surface area contributed by atoms with E-state index < -0.39 is 12.1 Å². The first-order valence-electron chi connectivity index (χ1n) is 32.6. The Morgan fingerprint density at radius 2 is 0.653 bits per heavy atom. The molecule has 0 aliphatic heterocycles. The largest absolute Gasteiger partial charge is 0.466 e. The predicted molar refractivity (Wildman–Crippen MR) is 315 cm³/mol. The second kappa shape index (κ2) is 61.9. The molecule has 0 aromatic carbocycles. The number of hydrogen-bond acceptors (Lipinski definition) is 5. The number of carbonyl (C=O) groups is 2. The molecule has 6 nitrogen and oxygen atoms in total. The molecule has 0 radical (unpaired) electrons. The topological polar surface area (TPSA) is 95.9 Å². The summed E-state index contributed by atoms with van der Waals surface area (Å²) in [5.41, 5.74) is 0. The lowest BCUT2D eigenvalue weighted by Crippen LogP contribution is -2.45. The summed E-state index contributed by atoms with van der Waals surface area (Å²) in [4.78, 5) is 24.5. The van der Waals surface area contributed by atoms with Crippen LogP contribution in [0.5, 0.6) is 0 Å². The van der Waals surface area contributed by atoms with Crippen LogP contribution in [0.15, 0.2) is 24.3 Å². The molecule has 1 amide bonds. The van der Waals surface area contributed by atoms with Crippen molar-refractivity contribution in [3.8, 4) is 0 Å². The molecule has 3 N–H and O–H groups in total. The molecular weight excluding hydrogens is 887 g/mol. The number of amides is 1. The number of aliphatic hydroxyl groups is 2. The molecule has 72 heavy (non-hydrogen) atoms. The molecular formula is C66H127NO5. The fourth-order valence-corrected chi connectivity index (χ4v) is 10.2. The normalized spacial score (nSPS) is 12.7. The van der Waals surface area contributed by atoms with Crippen molar-refractivity contribution in [3.63, 3.8) is 0 Å². The number of unbranched alkanes of at least 4 members (excludes halogenated alkanes) is 48. The number of ether oxygens (including phenoxy) is 1. The molecule has 0 spiro atoms. The first-order valence-corrected chi connectivity index (χ1v) is 32.6. The van der Waals surface area contributed by atoms with Gasteiger partial charge in [0.1, 0.15) is 0 Å². The molecule has 0 fully saturated rings. The van der Waals surface area contributed by atoms with Gasteiger partial charge in [0.05, 0.1) is 25.4 Å². The number of aliphatic hydroxyl groups excluding tert-OH is 2. The Morgan fingerprint density at radius 1 is 0.375 bits per heavy atom. The Kier molecular flexibility index (Phi) is 60.5. The molecule has 0 aromatic heterocycles. The van der Waals surface area contributed by atoms with Crippen LogP contribution in [0.3, 0.4) is 0 Å². The van der Waals surface area contributed by atoms with Crippen LogP contribution in [0.2, 0.25) is 0 Å². The van der Waals surface area contributed by atoms with Crippen molar-refractivity contribution < 1.29 is 24.5 Å². The lowest BCUT2D eigenvalue weighted by molar-refractivity contribution is -0.143. The Hall–Kier alpha value is -1.66. The first-order chi connectivity index (χ1) is 35.5. The molecule has 0 heterocycles. The maximum atomic E-state index is 12.5. The summed E-state index contributed by atoms with van der Waals surface area (Å²) < 4.78 is 5.47. The zero-order valence-electron chi connectivity index (χ0n) is 48.7. The fraction of sp³-hybridized carbons (Fsp3) is 0.909. The van der Waals surface area contributed by atoms with E-state index in [-0.39, 0.29) is 18.5 Å². The quantitative estimate of drug-likeness (QED) is 0.0320. The van der Waals surface area contributed by atoms with Crippen LogP contribution >= 0.6 is 0 Å². The fourth-order valence-electron chi connectivity index (χ4n) is 10.2. The molecule has 0 bridgehead atoms. The monoisotopic (exact) mass is 1010 g/mol. The number of nitrogens with one attached hydrogen (secondary N) is 1. The molecule has 0 aromatic rings. The third kappa shape index (κ3) is 57.6. The molecule has 6 heteroatoms. The maximum Gasteiger partial charge on any atom is 0.305 e. The molecule has 2 atom stereocenters. The van der Waals surface area contributed by atoms with E-state index in [2.05, 4.69) is 31.3 Å². The smallest absolute Gasteiger partial charge is 0.305 e. The summed E-state index contributed by atoms with van der Waals surface area (Å²) in [5.74, 6) is -0.0683. The van der Waals surface area contributed by atoms with Gasteiger partial charge in [-0.1, -0.05) is 314 Å². The van der Waals surface area contributed by atoms with E-state index in [1.54, 1.807) is 6.08 Å². The number of hydrogen-bond donors (Lipinski definition) is 3. The highest BCUT2D eigenvalue weighted by Gasteiger charge is 2.18. The average molecular weight is 1010 g/mol. The summed E-state index contributed by atoms with van der Waals surface area (Å²) in [6.45, 7) is 4.90. The molecule has 426 valence electrons. The lowest BCUT2D eigenvalue weighted by Gasteiger charge is -2.20. The highest BCUT2D eigenvalue weighted by molar-refractivity contribution is 5.76. The van der Waals surface area contributed by atoms with E-state index in [0.717, 1.165) is 44.9 Å². The summed E-state index contributed by atoms with van der Waals surface area (Å²) in [7, 11) is 0. The molecule has 0 aliphatic rings. The SMILES string of the molecule is CCCCC/C=C\CCCCCCCC(=O)OCCCCCCCCCCCCCCCCCCCCCC(=O)NC(CO)C(O)/C=C/CCCCCCCCCCCCCCCCCCCCCCCC. The molecule has 0 rings (SSSR count). The number of allylic oxidation sites excluding steroid dienone is 3. The summed E-state index contributed by atoms with van der Waals surface area (Å²) in [6, 6.07) is -0.631. The first kappa shape index (κ1) is 70.3. The summed E-state index contributed by atoms with van der Waals surface area (Å²) in [6.07, 6.45) is 76.6. The Labute approximate surface area is 450 Å². The third-order valence-corrected chi connectivity index (χ3v) is 15.2. The van der Waals surface area contributed by atoms with E-state index in [1.807, 2.05) is 6.08 Å². The second-order valence-electron chi connectivity index (χ2n) is 22.5. The van der Waals surface area contributed by atoms with Crippen LogP contribution in [0.25, 0.3) is 0 Å². The second-order valence-corrected chi connectivity index (χ2v) is 22.5. The van der Waals surface area contributed by atoms with Gasteiger partial charge in [0, 0.05) is 12.8 Å². The third-order valence-electron chi connectivity index (χ3n) is 15.2. The molecule has 2 unspecified atom stereocenters. The minimum atomic E-state index is -0.848.